The third kappa shape index (κ3) is 2.32. The monoisotopic (exact) mass is 305 g/mol. The minimum absolute atomic E-state index is 0. The van der Waals surface area contributed by atoms with Crippen LogP contribution in [0.15, 0.2) is 18.2 Å². The fourth-order valence-corrected chi connectivity index (χ4v) is 2.84. The first-order chi connectivity index (χ1) is 8.29. The molecule has 1 N–H and O–H groups in total. The van der Waals surface area contributed by atoms with Gasteiger partial charge in [-0.3, -0.25) is 0 Å². The number of imidazole rings is 1. The van der Waals surface area contributed by atoms with E-state index >= 15 is 0 Å². The standard InChI is InChI=1S/C12H13Cl2N3.ClH/c13-6-12-16-10-5-8(14)1-2-11(10)17(12)9-3-4-15-7-9;/h1-2,5,9,15H,3-4,6-7H2;1H/t9-;/m1./s1. The van der Waals surface area contributed by atoms with E-state index in [4.69, 9.17) is 23.2 Å². The molecule has 1 aromatic carbocycles. The van der Waals surface area contributed by atoms with Crippen LogP contribution in [0.4, 0.5) is 0 Å². The van der Waals surface area contributed by atoms with Crippen molar-refractivity contribution in [3.63, 3.8) is 0 Å². The predicted molar refractivity (Wildman–Crippen MR) is 78.1 cm³/mol. The molecular weight excluding hydrogens is 293 g/mol. The van der Waals surface area contributed by atoms with Gasteiger partial charge in [-0.25, -0.2) is 4.98 Å². The van der Waals surface area contributed by atoms with Crippen molar-refractivity contribution in [2.24, 2.45) is 0 Å². The number of benzene rings is 1. The van der Waals surface area contributed by atoms with E-state index in [1.54, 1.807) is 0 Å². The van der Waals surface area contributed by atoms with Crippen LogP contribution in [-0.2, 0) is 5.88 Å². The van der Waals surface area contributed by atoms with E-state index in [1.165, 1.54) is 0 Å². The number of nitrogens with zero attached hydrogens (tertiary/aromatic N) is 2. The van der Waals surface area contributed by atoms with E-state index in [0.29, 0.717) is 16.9 Å². The Kier molecular flexibility index (Phi) is 4.38. The van der Waals surface area contributed by atoms with Gasteiger partial charge in [0.2, 0.25) is 0 Å². The molecule has 6 heteroatoms. The van der Waals surface area contributed by atoms with Crippen molar-refractivity contribution in [3.8, 4) is 0 Å². The summed E-state index contributed by atoms with van der Waals surface area (Å²) in [6, 6.07) is 6.28. The molecule has 18 heavy (non-hydrogen) atoms. The van der Waals surface area contributed by atoms with Gasteiger partial charge >= 0.3 is 0 Å². The summed E-state index contributed by atoms with van der Waals surface area (Å²) in [6.45, 7) is 2.04. The summed E-state index contributed by atoms with van der Waals surface area (Å²) >= 11 is 12.0. The minimum Gasteiger partial charge on any atom is -0.323 e. The lowest BCUT2D eigenvalue weighted by atomic mass is 10.2. The van der Waals surface area contributed by atoms with Gasteiger partial charge in [0.15, 0.2) is 0 Å². The Balaban J connectivity index is 0.00000120. The van der Waals surface area contributed by atoms with Crippen LogP contribution in [0.25, 0.3) is 11.0 Å². The third-order valence-corrected chi connectivity index (χ3v) is 3.72. The summed E-state index contributed by atoms with van der Waals surface area (Å²) < 4.78 is 2.25. The summed E-state index contributed by atoms with van der Waals surface area (Å²) in [5.74, 6) is 1.36. The fourth-order valence-electron chi connectivity index (χ4n) is 2.48. The van der Waals surface area contributed by atoms with E-state index < -0.39 is 0 Å². The molecule has 0 saturated carbocycles. The number of rotatable bonds is 2. The number of alkyl halides is 1. The molecule has 0 amide bonds. The van der Waals surface area contributed by atoms with Gasteiger partial charge in [0, 0.05) is 17.6 Å². The highest BCUT2D eigenvalue weighted by molar-refractivity contribution is 6.31. The minimum atomic E-state index is 0. The van der Waals surface area contributed by atoms with Crippen molar-refractivity contribution in [1.29, 1.82) is 0 Å². The molecule has 0 spiro atoms. The summed E-state index contributed by atoms with van der Waals surface area (Å²) in [4.78, 5) is 4.56. The smallest absolute Gasteiger partial charge is 0.125 e. The second-order valence-corrected chi connectivity index (χ2v) is 5.02. The summed E-state index contributed by atoms with van der Waals surface area (Å²) in [6.07, 6.45) is 1.12. The van der Waals surface area contributed by atoms with Gasteiger partial charge in [0.1, 0.15) is 5.82 Å². The lowest BCUT2D eigenvalue weighted by molar-refractivity contribution is 0.545. The van der Waals surface area contributed by atoms with Crippen molar-refractivity contribution < 1.29 is 0 Å². The highest BCUT2D eigenvalue weighted by atomic mass is 35.5. The second-order valence-electron chi connectivity index (χ2n) is 4.31. The first-order valence-electron chi connectivity index (χ1n) is 5.72. The Bertz CT molecular complexity index is 547. The average molecular weight is 307 g/mol. The van der Waals surface area contributed by atoms with Crippen molar-refractivity contribution in [2.75, 3.05) is 13.1 Å². The number of fused-ring (bicyclic) bond motifs is 1. The maximum atomic E-state index is 5.99. The number of hydrogen-bond acceptors (Lipinski definition) is 2. The molecule has 1 atom stereocenters. The third-order valence-electron chi connectivity index (χ3n) is 3.24. The van der Waals surface area contributed by atoms with Crippen molar-refractivity contribution in [1.82, 2.24) is 14.9 Å². The van der Waals surface area contributed by atoms with Crippen LogP contribution >= 0.6 is 35.6 Å². The highest BCUT2D eigenvalue weighted by Gasteiger charge is 2.21. The number of halogens is 3. The Morgan fingerprint density at radius 3 is 2.94 bits per heavy atom. The summed E-state index contributed by atoms with van der Waals surface area (Å²) in [5.41, 5.74) is 2.05. The molecule has 0 aliphatic carbocycles. The van der Waals surface area contributed by atoms with E-state index in [-0.39, 0.29) is 12.4 Å². The first-order valence-corrected chi connectivity index (χ1v) is 6.64. The van der Waals surface area contributed by atoms with Crippen LogP contribution in [-0.4, -0.2) is 22.6 Å². The van der Waals surface area contributed by atoms with Crippen LogP contribution in [0.2, 0.25) is 5.02 Å². The Hall–Kier alpha value is -0.480. The number of hydrogen-bond donors (Lipinski definition) is 1. The largest absolute Gasteiger partial charge is 0.323 e. The molecule has 1 aliphatic rings. The van der Waals surface area contributed by atoms with Gasteiger partial charge in [0.05, 0.1) is 16.9 Å². The topological polar surface area (TPSA) is 29.9 Å². The maximum Gasteiger partial charge on any atom is 0.125 e. The van der Waals surface area contributed by atoms with Crippen molar-refractivity contribution in [2.45, 2.75) is 18.3 Å². The van der Waals surface area contributed by atoms with E-state index in [0.717, 1.165) is 36.4 Å². The van der Waals surface area contributed by atoms with E-state index in [9.17, 15) is 0 Å². The quantitative estimate of drug-likeness (QED) is 0.862. The molecule has 98 valence electrons. The molecular formula is C12H14Cl3N3. The fraction of sp³-hybridized carbons (Fsp3) is 0.417. The Morgan fingerprint density at radius 1 is 1.44 bits per heavy atom. The molecule has 2 heterocycles. The van der Waals surface area contributed by atoms with E-state index in [2.05, 4.69) is 14.9 Å². The van der Waals surface area contributed by atoms with Crippen molar-refractivity contribution >= 4 is 46.6 Å². The lowest BCUT2D eigenvalue weighted by Gasteiger charge is -2.14. The average Bonchev–Trinajstić information content (AvgIpc) is 2.93. The van der Waals surface area contributed by atoms with Crippen LogP contribution in [0.3, 0.4) is 0 Å². The molecule has 1 aliphatic heterocycles. The zero-order chi connectivity index (χ0) is 11.8. The highest BCUT2D eigenvalue weighted by Crippen LogP contribution is 2.27. The van der Waals surface area contributed by atoms with Gasteiger partial charge in [-0.05, 0) is 31.2 Å². The Labute approximate surface area is 122 Å². The molecule has 3 rings (SSSR count). The molecule has 2 aromatic rings. The number of nitrogens with one attached hydrogen (secondary N) is 1. The summed E-state index contributed by atoms with van der Waals surface area (Å²) in [5, 5.41) is 4.09. The van der Waals surface area contributed by atoms with Gasteiger partial charge in [-0.2, -0.15) is 0 Å². The van der Waals surface area contributed by atoms with Crippen LogP contribution in [0.5, 0.6) is 0 Å². The second kappa shape index (κ2) is 5.66. The molecule has 1 fully saturated rings. The zero-order valence-electron chi connectivity index (χ0n) is 9.70. The molecule has 1 aromatic heterocycles. The molecule has 0 unspecified atom stereocenters. The van der Waals surface area contributed by atoms with Crippen LogP contribution in [0.1, 0.15) is 18.3 Å². The molecule has 3 nitrogen and oxygen atoms in total. The van der Waals surface area contributed by atoms with Gasteiger partial charge < -0.3 is 9.88 Å². The number of aromatic nitrogens is 2. The summed E-state index contributed by atoms with van der Waals surface area (Å²) in [7, 11) is 0. The van der Waals surface area contributed by atoms with Crippen LogP contribution < -0.4 is 5.32 Å². The Morgan fingerprint density at radius 2 is 2.28 bits per heavy atom. The predicted octanol–water partition coefficient (Wildman–Crippen LogP) is 3.38. The molecule has 0 radical (unpaired) electrons. The van der Waals surface area contributed by atoms with Gasteiger partial charge in [-0.1, -0.05) is 11.6 Å². The normalized spacial score (nSPS) is 19.1. The SMILES string of the molecule is Cl.ClCc1nc2cc(Cl)ccc2n1[C@@H]1CCNC1. The van der Waals surface area contributed by atoms with Crippen LogP contribution in [0, 0.1) is 0 Å². The molecule has 1 saturated heterocycles. The molecule has 0 bridgehead atoms. The van der Waals surface area contributed by atoms with Crippen molar-refractivity contribution in [3.05, 3.63) is 29.0 Å². The zero-order valence-corrected chi connectivity index (χ0v) is 12.0. The first kappa shape index (κ1) is 13.9. The van der Waals surface area contributed by atoms with Gasteiger partial charge in [0.25, 0.3) is 0 Å². The van der Waals surface area contributed by atoms with E-state index in [1.807, 2.05) is 18.2 Å². The lowest BCUT2D eigenvalue weighted by Crippen LogP contribution is -2.15. The maximum absolute atomic E-state index is 5.99. The van der Waals surface area contributed by atoms with Gasteiger partial charge in [-0.15, -0.1) is 24.0 Å².